The second-order valence-corrected chi connectivity index (χ2v) is 8.66. The lowest BCUT2D eigenvalue weighted by molar-refractivity contribution is 0.403. The quantitative estimate of drug-likeness (QED) is 0.274. The Balaban J connectivity index is 1.57. The van der Waals surface area contributed by atoms with Crippen LogP contribution < -0.4 is 0 Å². The van der Waals surface area contributed by atoms with Gasteiger partial charge >= 0.3 is 0 Å². The molecule has 0 atom stereocenters. The van der Waals surface area contributed by atoms with E-state index in [1.165, 1.54) is 26.6 Å². The van der Waals surface area contributed by atoms with Crippen molar-refractivity contribution < 1.29 is 15.3 Å². The SMILES string of the molecule is Oc1ccc(-c2ccc(-c3c(Cc4ccc(O)c(O)c4)sc4ccccc34)cc2)cc1. The molecule has 3 nitrogen and oxygen atoms in total. The molecule has 0 aliphatic carbocycles. The Labute approximate surface area is 184 Å². The van der Waals surface area contributed by atoms with Crippen molar-refractivity contribution >= 4 is 21.4 Å². The summed E-state index contributed by atoms with van der Waals surface area (Å²) in [5.74, 6) is 0.0542. The molecule has 4 aromatic carbocycles. The number of hydrogen-bond donors (Lipinski definition) is 3. The zero-order chi connectivity index (χ0) is 21.4. The summed E-state index contributed by atoms with van der Waals surface area (Å²) in [6, 6.07) is 29.1. The molecule has 0 radical (unpaired) electrons. The summed E-state index contributed by atoms with van der Waals surface area (Å²) in [4.78, 5) is 1.21. The van der Waals surface area contributed by atoms with Gasteiger partial charge in [-0.15, -0.1) is 11.3 Å². The topological polar surface area (TPSA) is 60.7 Å². The molecular formula is C27H20O3S. The highest BCUT2D eigenvalue weighted by molar-refractivity contribution is 7.19. The third-order valence-corrected chi connectivity index (χ3v) is 6.62. The van der Waals surface area contributed by atoms with Gasteiger partial charge in [0.15, 0.2) is 11.5 Å². The smallest absolute Gasteiger partial charge is 0.157 e. The summed E-state index contributed by atoms with van der Waals surface area (Å²) in [6.45, 7) is 0. The van der Waals surface area contributed by atoms with Crippen LogP contribution in [-0.2, 0) is 6.42 Å². The second-order valence-electron chi connectivity index (χ2n) is 7.52. The molecule has 0 saturated carbocycles. The van der Waals surface area contributed by atoms with Gasteiger partial charge in [0, 0.05) is 26.9 Å². The van der Waals surface area contributed by atoms with Crippen LogP contribution in [-0.4, -0.2) is 15.3 Å². The minimum absolute atomic E-state index is 0.0987. The number of rotatable bonds is 4. The van der Waals surface area contributed by atoms with Gasteiger partial charge in [0.1, 0.15) is 5.75 Å². The van der Waals surface area contributed by atoms with Crippen molar-refractivity contribution in [2.24, 2.45) is 0 Å². The zero-order valence-corrected chi connectivity index (χ0v) is 17.4. The fraction of sp³-hybridized carbons (Fsp3) is 0.0370. The molecule has 0 bridgehead atoms. The van der Waals surface area contributed by atoms with Crippen LogP contribution in [0.1, 0.15) is 10.4 Å². The Kier molecular flexibility index (Phi) is 4.85. The normalized spacial score (nSPS) is 11.1. The lowest BCUT2D eigenvalue weighted by Gasteiger charge is -2.09. The minimum Gasteiger partial charge on any atom is -0.508 e. The average molecular weight is 425 g/mol. The van der Waals surface area contributed by atoms with Gasteiger partial charge in [-0.3, -0.25) is 0 Å². The fourth-order valence-electron chi connectivity index (χ4n) is 3.88. The standard InChI is InChI=1S/C27H20O3S/c28-21-12-10-19(11-13-21)18-6-8-20(9-7-18)27-22-3-1-2-4-25(22)31-26(27)16-17-5-14-23(29)24(30)15-17/h1-15,28-30H,16H2. The summed E-state index contributed by atoms with van der Waals surface area (Å²) in [6.07, 6.45) is 0.669. The first-order valence-electron chi connectivity index (χ1n) is 9.99. The lowest BCUT2D eigenvalue weighted by Crippen LogP contribution is -1.89. The van der Waals surface area contributed by atoms with E-state index in [0.717, 1.165) is 22.3 Å². The van der Waals surface area contributed by atoms with Gasteiger partial charge < -0.3 is 15.3 Å². The Bertz CT molecular complexity index is 1370. The molecule has 0 amide bonds. The number of fused-ring (bicyclic) bond motifs is 1. The highest BCUT2D eigenvalue weighted by Gasteiger charge is 2.15. The summed E-state index contributed by atoms with van der Waals surface area (Å²) in [5.41, 5.74) is 5.43. The van der Waals surface area contributed by atoms with Crippen LogP contribution in [0.4, 0.5) is 0 Å². The molecular weight excluding hydrogens is 404 g/mol. The maximum absolute atomic E-state index is 9.90. The number of phenolic OH excluding ortho intramolecular Hbond substituents is 3. The molecule has 0 aliphatic rings. The van der Waals surface area contributed by atoms with Gasteiger partial charge in [-0.25, -0.2) is 0 Å². The number of benzene rings is 4. The Morgan fingerprint density at radius 1 is 0.613 bits per heavy atom. The van der Waals surface area contributed by atoms with Crippen LogP contribution in [0.25, 0.3) is 32.3 Å². The summed E-state index contributed by atoms with van der Waals surface area (Å²) < 4.78 is 1.22. The van der Waals surface area contributed by atoms with Gasteiger partial charge in [-0.05, 0) is 52.6 Å². The highest BCUT2D eigenvalue weighted by Crippen LogP contribution is 2.41. The Morgan fingerprint density at radius 2 is 1.26 bits per heavy atom. The van der Waals surface area contributed by atoms with Crippen LogP contribution in [0.5, 0.6) is 17.2 Å². The molecule has 3 N–H and O–H groups in total. The van der Waals surface area contributed by atoms with E-state index in [9.17, 15) is 15.3 Å². The first-order chi connectivity index (χ1) is 15.1. The maximum atomic E-state index is 9.90. The van der Waals surface area contributed by atoms with E-state index >= 15 is 0 Å². The van der Waals surface area contributed by atoms with Crippen molar-refractivity contribution in [2.45, 2.75) is 6.42 Å². The Hall–Kier alpha value is -3.76. The van der Waals surface area contributed by atoms with E-state index in [2.05, 4.69) is 42.5 Å². The van der Waals surface area contributed by atoms with E-state index in [1.807, 2.05) is 24.3 Å². The molecule has 1 aromatic heterocycles. The largest absolute Gasteiger partial charge is 0.508 e. The molecule has 0 unspecified atom stereocenters. The number of thiophene rings is 1. The molecule has 0 spiro atoms. The van der Waals surface area contributed by atoms with Crippen molar-refractivity contribution in [2.75, 3.05) is 0 Å². The van der Waals surface area contributed by atoms with E-state index in [4.69, 9.17) is 0 Å². The van der Waals surface area contributed by atoms with Crippen LogP contribution in [0.3, 0.4) is 0 Å². The Morgan fingerprint density at radius 3 is 1.97 bits per heavy atom. The molecule has 4 heteroatoms. The molecule has 152 valence electrons. The number of aromatic hydroxyl groups is 3. The third kappa shape index (κ3) is 3.74. The molecule has 1 heterocycles. The molecule has 0 aliphatic heterocycles. The van der Waals surface area contributed by atoms with Crippen molar-refractivity contribution in [1.29, 1.82) is 0 Å². The van der Waals surface area contributed by atoms with Gasteiger partial charge in [-0.1, -0.05) is 60.7 Å². The van der Waals surface area contributed by atoms with E-state index in [1.54, 1.807) is 29.5 Å². The van der Waals surface area contributed by atoms with Gasteiger partial charge in [-0.2, -0.15) is 0 Å². The number of hydrogen-bond acceptors (Lipinski definition) is 4. The molecule has 31 heavy (non-hydrogen) atoms. The van der Waals surface area contributed by atoms with Crippen molar-refractivity contribution in [3.05, 3.63) is 101 Å². The zero-order valence-electron chi connectivity index (χ0n) is 16.6. The first-order valence-corrected chi connectivity index (χ1v) is 10.8. The van der Waals surface area contributed by atoms with Crippen LogP contribution in [0.15, 0.2) is 91.0 Å². The van der Waals surface area contributed by atoms with E-state index < -0.39 is 0 Å². The molecule has 0 saturated heterocycles. The highest BCUT2D eigenvalue weighted by atomic mass is 32.1. The molecule has 5 aromatic rings. The first kappa shape index (κ1) is 19.2. The van der Waals surface area contributed by atoms with Crippen molar-refractivity contribution in [1.82, 2.24) is 0 Å². The average Bonchev–Trinajstić information content (AvgIpc) is 3.15. The summed E-state index contributed by atoms with van der Waals surface area (Å²) >= 11 is 1.75. The van der Waals surface area contributed by atoms with E-state index in [0.29, 0.717) is 6.42 Å². The van der Waals surface area contributed by atoms with Gasteiger partial charge in [0.2, 0.25) is 0 Å². The molecule has 0 fully saturated rings. The maximum Gasteiger partial charge on any atom is 0.157 e. The number of phenols is 3. The van der Waals surface area contributed by atoms with Crippen LogP contribution in [0, 0.1) is 0 Å². The third-order valence-electron chi connectivity index (χ3n) is 5.45. The van der Waals surface area contributed by atoms with Gasteiger partial charge in [0.25, 0.3) is 0 Å². The van der Waals surface area contributed by atoms with Crippen LogP contribution >= 0.6 is 11.3 Å². The molecule has 5 rings (SSSR count). The second kappa shape index (κ2) is 7.82. The van der Waals surface area contributed by atoms with Gasteiger partial charge in [0.05, 0.1) is 0 Å². The van der Waals surface area contributed by atoms with E-state index in [-0.39, 0.29) is 17.2 Å². The predicted molar refractivity (Wildman–Crippen MR) is 127 cm³/mol. The lowest BCUT2D eigenvalue weighted by atomic mass is 9.96. The van der Waals surface area contributed by atoms with Crippen LogP contribution in [0.2, 0.25) is 0 Å². The van der Waals surface area contributed by atoms with Crippen molar-refractivity contribution in [3.8, 4) is 39.5 Å². The fourth-order valence-corrected chi connectivity index (χ4v) is 5.15. The predicted octanol–water partition coefficient (Wildman–Crippen LogP) is 6.94. The minimum atomic E-state index is -0.106. The monoisotopic (exact) mass is 424 g/mol. The summed E-state index contributed by atoms with van der Waals surface area (Å²) in [7, 11) is 0. The van der Waals surface area contributed by atoms with Crippen molar-refractivity contribution in [3.63, 3.8) is 0 Å². The summed E-state index contributed by atoms with van der Waals surface area (Å²) in [5, 5.41) is 30.3.